The van der Waals surface area contributed by atoms with E-state index < -0.39 is 11.7 Å². The normalized spacial score (nSPS) is 12.0. The molecule has 0 amide bonds. The van der Waals surface area contributed by atoms with Gasteiger partial charge in [-0.2, -0.15) is 13.2 Å². The molecule has 57 heavy (non-hydrogen) atoms. The van der Waals surface area contributed by atoms with Crippen LogP contribution in [0.5, 0.6) is 0 Å². The van der Waals surface area contributed by atoms with Crippen molar-refractivity contribution in [3.05, 3.63) is 174 Å². The summed E-state index contributed by atoms with van der Waals surface area (Å²) in [5.74, 6) is 0.823. The topological polar surface area (TPSA) is 48.5 Å². The van der Waals surface area contributed by atoms with Crippen LogP contribution in [0.3, 0.4) is 0 Å². The summed E-state index contributed by atoms with van der Waals surface area (Å²) in [5, 5.41) is 4.20. The molecule has 0 N–H and O–H groups in total. The molecule has 0 bridgehead atoms. The maximum Gasteiger partial charge on any atom is 0.416 e. The van der Waals surface area contributed by atoms with Gasteiger partial charge in [-0.25, -0.2) is 15.0 Å². The van der Waals surface area contributed by atoms with Gasteiger partial charge in [0.2, 0.25) is 0 Å². The minimum atomic E-state index is -4.61. The maximum atomic E-state index is 14.7. The molecule has 8 heteroatoms. The summed E-state index contributed by atoms with van der Waals surface area (Å²) < 4.78 is 48.3. The van der Waals surface area contributed by atoms with Gasteiger partial charge in [-0.1, -0.05) is 103 Å². The van der Waals surface area contributed by atoms with Gasteiger partial charge in [-0.3, -0.25) is 0 Å². The predicted molar refractivity (Wildman–Crippen MR) is 224 cm³/mol. The van der Waals surface area contributed by atoms with Crippen LogP contribution >= 0.6 is 0 Å². The van der Waals surface area contributed by atoms with Crippen LogP contribution in [0.1, 0.15) is 22.3 Å². The van der Waals surface area contributed by atoms with Gasteiger partial charge in [0.05, 0.1) is 39.0 Å². The largest absolute Gasteiger partial charge is 0.416 e. The fourth-order valence-corrected chi connectivity index (χ4v) is 8.12. The molecule has 5 nitrogen and oxygen atoms in total. The van der Waals surface area contributed by atoms with Crippen LogP contribution in [0.2, 0.25) is 0 Å². The third kappa shape index (κ3) is 5.75. The monoisotopic (exact) mass is 749 g/mol. The highest BCUT2D eigenvalue weighted by Crippen LogP contribution is 2.41. The zero-order valence-corrected chi connectivity index (χ0v) is 31.3. The van der Waals surface area contributed by atoms with Crippen molar-refractivity contribution >= 4 is 43.6 Å². The Hall–Kier alpha value is -7.06. The summed E-state index contributed by atoms with van der Waals surface area (Å²) in [5.41, 5.74) is 9.15. The minimum Gasteiger partial charge on any atom is -0.308 e. The quantitative estimate of drug-likeness (QED) is 0.176. The van der Waals surface area contributed by atoms with Gasteiger partial charge in [0.25, 0.3) is 0 Å². The van der Waals surface area contributed by atoms with E-state index >= 15 is 0 Å². The molecule has 0 aliphatic heterocycles. The number of hydrogen-bond donors (Lipinski definition) is 0. The second-order valence-electron chi connectivity index (χ2n) is 14.7. The average Bonchev–Trinajstić information content (AvgIpc) is 3.72. The van der Waals surface area contributed by atoms with Gasteiger partial charge in [0.1, 0.15) is 0 Å². The summed E-state index contributed by atoms with van der Waals surface area (Å²) in [7, 11) is 0. The van der Waals surface area contributed by atoms with E-state index in [0.29, 0.717) is 22.9 Å². The van der Waals surface area contributed by atoms with Crippen LogP contribution in [0.15, 0.2) is 152 Å². The molecular weight excluding hydrogens is 716 g/mol. The Kier molecular flexibility index (Phi) is 7.87. The highest BCUT2D eigenvalue weighted by Gasteiger charge is 2.32. The van der Waals surface area contributed by atoms with Crippen molar-refractivity contribution in [2.45, 2.75) is 26.9 Å². The first kappa shape index (κ1) is 34.4. The van der Waals surface area contributed by atoms with E-state index in [2.05, 4.69) is 72.2 Å². The van der Waals surface area contributed by atoms with Gasteiger partial charge in [0, 0.05) is 38.2 Å². The molecule has 3 heterocycles. The van der Waals surface area contributed by atoms with E-state index in [1.807, 2.05) is 91.2 Å². The Labute approximate surface area is 326 Å². The third-order valence-corrected chi connectivity index (χ3v) is 10.8. The molecule has 0 unspecified atom stereocenters. The summed E-state index contributed by atoms with van der Waals surface area (Å²) in [6.07, 6.45) is -4.61. The van der Waals surface area contributed by atoms with Crippen molar-refractivity contribution in [3.63, 3.8) is 0 Å². The predicted octanol–water partition coefficient (Wildman–Crippen LogP) is 13.0. The molecule has 0 aliphatic carbocycles. The number of aromatic nitrogens is 5. The SMILES string of the molecule is Cc1ccc(-n2c3ccccc3c3ccc(C)cc32)c(-c2nc(-c3ccccc3)nc(-c3cc(C(F)(F)F)ccc3-n3c4ccccc4c4ccc(C)cc43)n2)c1. The molecule has 276 valence electrons. The Morgan fingerprint density at radius 2 is 0.842 bits per heavy atom. The van der Waals surface area contributed by atoms with Crippen molar-refractivity contribution in [3.8, 4) is 45.5 Å². The Balaban J connectivity index is 1.30. The van der Waals surface area contributed by atoms with Crippen LogP contribution in [0.25, 0.3) is 89.2 Å². The van der Waals surface area contributed by atoms with E-state index in [-0.39, 0.29) is 11.4 Å². The molecule has 3 aromatic heterocycles. The first-order valence-corrected chi connectivity index (χ1v) is 18.8. The summed E-state index contributed by atoms with van der Waals surface area (Å²) in [6, 6.07) is 48.4. The smallest absolute Gasteiger partial charge is 0.308 e. The van der Waals surface area contributed by atoms with Gasteiger partial charge < -0.3 is 9.13 Å². The molecule has 10 aromatic rings. The van der Waals surface area contributed by atoms with E-state index in [9.17, 15) is 13.2 Å². The van der Waals surface area contributed by atoms with E-state index in [1.165, 1.54) is 12.1 Å². The molecule has 0 radical (unpaired) electrons. The van der Waals surface area contributed by atoms with E-state index in [0.717, 1.165) is 77.6 Å². The van der Waals surface area contributed by atoms with Gasteiger partial charge in [0.15, 0.2) is 17.5 Å². The van der Waals surface area contributed by atoms with Crippen molar-refractivity contribution in [1.29, 1.82) is 0 Å². The Morgan fingerprint density at radius 3 is 1.40 bits per heavy atom. The van der Waals surface area contributed by atoms with Gasteiger partial charge in [-0.15, -0.1) is 0 Å². The summed E-state index contributed by atoms with van der Waals surface area (Å²) >= 11 is 0. The number of benzene rings is 7. The first-order valence-electron chi connectivity index (χ1n) is 18.8. The number of hydrogen-bond acceptors (Lipinski definition) is 3. The molecule has 0 spiro atoms. The van der Waals surface area contributed by atoms with Crippen LogP contribution < -0.4 is 0 Å². The zero-order valence-electron chi connectivity index (χ0n) is 31.3. The van der Waals surface area contributed by atoms with Crippen molar-refractivity contribution in [1.82, 2.24) is 24.1 Å². The Morgan fingerprint density at radius 1 is 0.404 bits per heavy atom. The zero-order chi connectivity index (χ0) is 39.0. The van der Waals surface area contributed by atoms with Gasteiger partial charge >= 0.3 is 6.18 Å². The number of nitrogens with zero attached hydrogens (tertiary/aromatic N) is 5. The summed E-state index contributed by atoms with van der Waals surface area (Å²) in [4.78, 5) is 15.2. The molecular formula is C49H34F3N5. The molecule has 0 fully saturated rings. The molecule has 7 aromatic carbocycles. The van der Waals surface area contributed by atoms with Crippen LogP contribution in [0.4, 0.5) is 13.2 Å². The van der Waals surface area contributed by atoms with Crippen molar-refractivity contribution < 1.29 is 13.2 Å². The van der Waals surface area contributed by atoms with Crippen molar-refractivity contribution in [2.75, 3.05) is 0 Å². The van der Waals surface area contributed by atoms with Crippen LogP contribution in [0, 0.1) is 20.8 Å². The number of halogens is 3. The summed E-state index contributed by atoms with van der Waals surface area (Å²) in [6.45, 7) is 6.10. The molecule has 10 rings (SSSR count). The first-order chi connectivity index (χ1) is 27.6. The highest BCUT2D eigenvalue weighted by molar-refractivity contribution is 6.11. The lowest BCUT2D eigenvalue weighted by molar-refractivity contribution is -0.137. The fourth-order valence-electron chi connectivity index (χ4n) is 8.12. The second-order valence-corrected chi connectivity index (χ2v) is 14.7. The minimum absolute atomic E-state index is 0.129. The molecule has 0 saturated carbocycles. The van der Waals surface area contributed by atoms with E-state index in [1.54, 1.807) is 0 Å². The number of aryl methyl sites for hydroxylation is 3. The number of para-hydroxylation sites is 2. The third-order valence-electron chi connectivity index (χ3n) is 10.8. The maximum absolute atomic E-state index is 14.7. The number of rotatable bonds is 5. The standard InChI is InChI=1S/C49H34F3N5/c1-29-19-23-42(56-40-15-9-7-13-34(40)36-21-17-30(2)26-44(36)56)38(25-29)47-53-46(32-11-5-4-6-12-32)54-48(55-47)39-28-33(49(50,51)52)20-24-43(39)57-41-16-10-8-14-35(41)37-22-18-31(3)27-45(37)57/h4-28H,1-3H3. The molecule has 0 saturated heterocycles. The highest BCUT2D eigenvalue weighted by atomic mass is 19.4. The molecule has 0 aliphatic rings. The van der Waals surface area contributed by atoms with Crippen molar-refractivity contribution in [2.24, 2.45) is 0 Å². The lowest BCUT2D eigenvalue weighted by Crippen LogP contribution is -2.09. The van der Waals surface area contributed by atoms with Gasteiger partial charge in [-0.05, 0) is 86.5 Å². The lowest BCUT2D eigenvalue weighted by atomic mass is 10.0. The molecule has 0 atom stereocenters. The second kappa shape index (κ2) is 13.0. The fraction of sp³-hybridized carbons (Fsp3) is 0.0816. The lowest BCUT2D eigenvalue weighted by Gasteiger charge is -2.18. The number of alkyl halides is 3. The van der Waals surface area contributed by atoms with Crippen LogP contribution in [-0.4, -0.2) is 24.1 Å². The average molecular weight is 750 g/mol. The van der Waals surface area contributed by atoms with E-state index in [4.69, 9.17) is 15.0 Å². The number of fused-ring (bicyclic) bond motifs is 6. The Bertz CT molecular complexity index is 3210. The van der Waals surface area contributed by atoms with Crippen LogP contribution in [-0.2, 0) is 6.18 Å².